The van der Waals surface area contributed by atoms with Gasteiger partial charge in [-0.25, -0.2) is 4.98 Å². The molecule has 4 aromatic rings. The lowest BCUT2D eigenvalue weighted by Gasteiger charge is -2.13. The number of anilines is 1. The smallest absolute Gasteiger partial charge is 0.261 e. The quantitative estimate of drug-likeness (QED) is 0.274. The summed E-state index contributed by atoms with van der Waals surface area (Å²) in [5.74, 6) is -0.420. The van der Waals surface area contributed by atoms with Crippen LogP contribution in [0.3, 0.4) is 0 Å². The summed E-state index contributed by atoms with van der Waals surface area (Å²) in [7, 11) is 0. The average Bonchev–Trinajstić information content (AvgIpc) is 3.29. The molecule has 0 radical (unpaired) electrons. The molecule has 178 valence electrons. The van der Waals surface area contributed by atoms with Gasteiger partial charge in [-0.1, -0.05) is 39.7 Å². The number of amides is 2. The fourth-order valence-corrected chi connectivity index (χ4v) is 5.11. The van der Waals surface area contributed by atoms with Crippen molar-refractivity contribution in [1.29, 1.82) is 0 Å². The molecule has 4 heterocycles. The van der Waals surface area contributed by atoms with Crippen LogP contribution in [0.25, 0.3) is 11.0 Å². The highest BCUT2D eigenvalue weighted by Crippen LogP contribution is 2.30. The van der Waals surface area contributed by atoms with E-state index in [4.69, 9.17) is 17.3 Å². The number of halogens is 2. The normalized spacial score (nSPS) is 13.2. The largest absolute Gasteiger partial charge is 0.368 e. The van der Waals surface area contributed by atoms with Gasteiger partial charge >= 0.3 is 0 Å². The monoisotopic (exact) mass is 552 g/mol. The molecule has 2 amide bonds. The molecular weight excluding hydrogens is 532 g/mol. The van der Waals surface area contributed by atoms with Gasteiger partial charge in [-0.2, -0.15) is 4.98 Å². The van der Waals surface area contributed by atoms with E-state index in [1.54, 1.807) is 24.3 Å². The molecule has 0 aliphatic carbocycles. The summed E-state index contributed by atoms with van der Waals surface area (Å²) in [5, 5.41) is 0.990. The lowest BCUT2D eigenvalue weighted by Crippen LogP contribution is -2.30. The first-order valence-electron chi connectivity index (χ1n) is 11.1. The third-order valence-electron chi connectivity index (χ3n) is 6.32. The van der Waals surface area contributed by atoms with E-state index in [1.165, 1.54) is 4.90 Å². The second kappa shape index (κ2) is 9.05. The number of carbonyl (C=O) groups is 2. The number of rotatable bonds is 6. The van der Waals surface area contributed by atoms with Crippen LogP contribution < -0.4 is 5.73 Å². The van der Waals surface area contributed by atoms with Crippen molar-refractivity contribution in [3.63, 3.8) is 0 Å². The number of aryl methyl sites for hydroxylation is 2. The van der Waals surface area contributed by atoms with Gasteiger partial charge < -0.3 is 10.3 Å². The Hall–Kier alpha value is -3.30. The summed E-state index contributed by atoms with van der Waals surface area (Å²) in [5.41, 5.74) is 11.4. The highest BCUT2D eigenvalue weighted by atomic mass is 79.9. The Bertz CT molecular complexity index is 1480. The van der Waals surface area contributed by atoms with E-state index >= 15 is 0 Å². The number of carbonyl (C=O) groups excluding carboxylic acids is 2. The average molecular weight is 554 g/mol. The molecule has 0 saturated heterocycles. The van der Waals surface area contributed by atoms with E-state index < -0.39 is 0 Å². The molecule has 5 rings (SSSR count). The van der Waals surface area contributed by atoms with Gasteiger partial charge in [0.05, 0.1) is 28.8 Å². The van der Waals surface area contributed by atoms with E-state index in [1.807, 2.05) is 30.8 Å². The molecule has 0 atom stereocenters. The molecule has 2 N–H and O–H groups in total. The Balaban J connectivity index is 1.42. The van der Waals surface area contributed by atoms with Crippen LogP contribution in [0.5, 0.6) is 0 Å². The first-order chi connectivity index (χ1) is 16.8. The Labute approximate surface area is 215 Å². The van der Waals surface area contributed by atoms with Gasteiger partial charge in [0, 0.05) is 23.4 Å². The molecule has 1 aliphatic heterocycles. The van der Waals surface area contributed by atoms with Crippen molar-refractivity contribution >= 4 is 56.3 Å². The highest BCUT2D eigenvalue weighted by Gasteiger charge is 2.34. The number of aromatic nitrogens is 4. The summed E-state index contributed by atoms with van der Waals surface area (Å²) in [6.45, 7) is 4.80. The predicted octanol–water partition coefficient (Wildman–Crippen LogP) is 4.72. The van der Waals surface area contributed by atoms with Crippen LogP contribution in [0.1, 0.15) is 49.5 Å². The summed E-state index contributed by atoms with van der Waals surface area (Å²) >= 11 is 10.1. The van der Waals surface area contributed by atoms with Crippen LogP contribution in [0.4, 0.5) is 5.95 Å². The number of fused-ring (bicyclic) bond motifs is 2. The van der Waals surface area contributed by atoms with Crippen molar-refractivity contribution in [3.8, 4) is 0 Å². The Morgan fingerprint density at radius 3 is 2.46 bits per heavy atom. The van der Waals surface area contributed by atoms with Crippen LogP contribution >= 0.6 is 27.5 Å². The lowest BCUT2D eigenvalue weighted by molar-refractivity contribution is 0.0652. The number of nitrogens with zero attached hydrogens (tertiary/aromatic N) is 5. The number of hydrogen-bond acceptors (Lipinski definition) is 6. The van der Waals surface area contributed by atoms with Crippen molar-refractivity contribution in [1.82, 2.24) is 24.4 Å². The van der Waals surface area contributed by atoms with E-state index in [2.05, 4.69) is 30.9 Å². The maximum absolute atomic E-state index is 12.7. The zero-order valence-corrected chi connectivity index (χ0v) is 21.5. The van der Waals surface area contributed by atoms with Gasteiger partial charge in [-0.3, -0.25) is 19.5 Å². The minimum absolute atomic E-state index is 0.0918. The number of benzene rings is 1. The van der Waals surface area contributed by atoms with Crippen LogP contribution in [-0.4, -0.2) is 42.8 Å². The first kappa shape index (κ1) is 23.4. The highest BCUT2D eigenvalue weighted by molar-refractivity contribution is 9.10. The number of hydrogen-bond donors (Lipinski definition) is 1. The number of nitrogen functional groups attached to an aromatic ring is 1. The second-order valence-electron chi connectivity index (χ2n) is 8.59. The van der Waals surface area contributed by atoms with E-state index in [9.17, 15) is 9.59 Å². The first-order valence-corrected chi connectivity index (χ1v) is 12.3. The lowest BCUT2D eigenvalue weighted by atomic mass is 10.1. The third-order valence-corrected chi connectivity index (χ3v) is 7.81. The Kier molecular flexibility index (Phi) is 6.06. The minimum atomic E-state index is -0.256. The van der Waals surface area contributed by atoms with E-state index in [0.29, 0.717) is 48.1 Å². The van der Waals surface area contributed by atoms with Crippen molar-refractivity contribution in [2.24, 2.45) is 0 Å². The molecule has 0 fully saturated rings. The van der Waals surface area contributed by atoms with Crippen molar-refractivity contribution < 1.29 is 9.59 Å². The van der Waals surface area contributed by atoms with Crippen LogP contribution in [0.2, 0.25) is 5.15 Å². The maximum Gasteiger partial charge on any atom is 0.261 e. The topological polar surface area (TPSA) is 107 Å². The molecule has 0 spiro atoms. The van der Waals surface area contributed by atoms with Gasteiger partial charge in [0.2, 0.25) is 5.95 Å². The van der Waals surface area contributed by atoms with Crippen LogP contribution in [0, 0.1) is 13.8 Å². The van der Waals surface area contributed by atoms with E-state index in [0.717, 1.165) is 26.9 Å². The molecule has 1 aliphatic rings. The third kappa shape index (κ3) is 4.08. The molecule has 0 bridgehead atoms. The molecule has 0 saturated carbocycles. The van der Waals surface area contributed by atoms with Crippen LogP contribution in [0.15, 0.2) is 41.1 Å². The fourth-order valence-electron chi connectivity index (χ4n) is 4.49. The number of imide groups is 1. The van der Waals surface area contributed by atoms with Gasteiger partial charge in [0.1, 0.15) is 10.8 Å². The van der Waals surface area contributed by atoms with E-state index in [-0.39, 0.29) is 22.9 Å². The van der Waals surface area contributed by atoms with Crippen LogP contribution in [-0.2, 0) is 13.0 Å². The van der Waals surface area contributed by atoms with Gasteiger partial charge in [0.25, 0.3) is 11.8 Å². The number of pyridine rings is 1. The minimum Gasteiger partial charge on any atom is -0.368 e. The summed E-state index contributed by atoms with van der Waals surface area (Å²) in [6.07, 6.45) is 4.95. The summed E-state index contributed by atoms with van der Waals surface area (Å²) in [4.78, 5) is 39.9. The Morgan fingerprint density at radius 2 is 1.77 bits per heavy atom. The standard InChI is InChI=1S/C25H22BrClN6O2/c1-13-10-29-18(14(2)20(13)26)12-32-11-15(19-21(27)30-25(28)31-22(19)32)6-5-9-33-23(34)16-7-3-4-8-17(16)24(33)35/h3-4,7-8,10-11H,5-6,9,12H2,1-2H3,(H2,28,30,31). The predicted molar refractivity (Wildman–Crippen MR) is 138 cm³/mol. The summed E-state index contributed by atoms with van der Waals surface area (Å²) < 4.78 is 2.99. The van der Waals surface area contributed by atoms with Gasteiger partial charge in [-0.15, -0.1) is 0 Å². The zero-order chi connectivity index (χ0) is 24.9. The maximum atomic E-state index is 12.7. The van der Waals surface area contributed by atoms with Crippen molar-refractivity contribution in [2.75, 3.05) is 12.3 Å². The molecule has 35 heavy (non-hydrogen) atoms. The fraction of sp³-hybridized carbons (Fsp3) is 0.240. The van der Waals surface area contributed by atoms with Crippen molar-refractivity contribution in [3.05, 3.63) is 79.8 Å². The SMILES string of the molecule is Cc1cnc(Cn2cc(CCCN3C(=O)c4ccccc4C3=O)c3c(Cl)nc(N)nc32)c(C)c1Br. The number of nitrogens with two attached hydrogens (primary N) is 1. The summed E-state index contributed by atoms with van der Waals surface area (Å²) in [6, 6.07) is 6.90. The van der Waals surface area contributed by atoms with Gasteiger partial charge in [-0.05, 0) is 55.5 Å². The molecule has 0 unspecified atom stereocenters. The Morgan fingerprint density at radius 1 is 1.09 bits per heavy atom. The molecular formula is C25H22BrClN6O2. The van der Waals surface area contributed by atoms with Crippen molar-refractivity contribution in [2.45, 2.75) is 33.2 Å². The second-order valence-corrected chi connectivity index (χ2v) is 9.74. The molecule has 8 nitrogen and oxygen atoms in total. The molecule has 10 heteroatoms. The molecule has 1 aromatic carbocycles. The zero-order valence-electron chi connectivity index (χ0n) is 19.2. The van der Waals surface area contributed by atoms with Gasteiger partial charge in [0.15, 0.2) is 0 Å². The molecule has 3 aromatic heterocycles.